The number of rotatable bonds is 5. The molecule has 0 bridgehead atoms. The standard InChI is InChI=1S/C24H21N3O2/c1-15-22-21(19-11-4-5-12-20(19)26-22)16(14-25-15)8-6-7-13-27-23(28)17-9-2-3-10-18(17)24(27)29/h2-5,9-12,14,26H,6-8,13H2,1H3. The van der Waals surface area contributed by atoms with E-state index >= 15 is 0 Å². The van der Waals surface area contributed by atoms with Gasteiger partial charge in [-0.25, -0.2) is 0 Å². The molecule has 0 unspecified atom stereocenters. The summed E-state index contributed by atoms with van der Waals surface area (Å²) in [7, 11) is 0. The van der Waals surface area contributed by atoms with E-state index in [9.17, 15) is 9.59 Å². The number of aromatic amines is 1. The van der Waals surface area contributed by atoms with Gasteiger partial charge in [-0.2, -0.15) is 0 Å². The molecule has 2 aromatic heterocycles. The first-order valence-electron chi connectivity index (χ1n) is 9.95. The van der Waals surface area contributed by atoms with Gasteiger partial charge in [-0.05, 0) is 49.9 Å². The Bertz CT molecular complexity index is 1240. The van der Waals surface area contributed by atoms with E-state index in [2.05, 4.69) is 28.2 Å². The number of unbranched alkanes of at least 4 members (excludes halogenated alkanes) is 1. The third-order valence-corrected chi connectivity index (χ3v) is 5.76. The first kappa shape index (κ1) is 17.6. The highest BCUT2D eigenvalue weighted by molar-refractivity contribution is 6.21. The number of benzene rings is 2. The van der Waals surface area contributed by atoms with E-state index in [0.717, 1.165) is 36.0 Å². The van der Waals surface area contributed by atoms with Gasteiger partial charge in [0.25, 0.3) is 11.8 Å². The van der Waals surface area contributed by atoms with E-state index in [0.29, 0.717) is 17.7 Å². The zero-order chi connectivity index (χ0) is 20.0. The summed E-state index contributed by atoms with van der Waals surface area (Å²) in [6, 6.07) is 15.3. The summed E-state index contributed by atoms with van der Waals surface area (Å²) < 4.78 is 0. The Morgan fingerprint density at radius 3 is 2.38 bits per heavy atom. The molecule has 2 amide bonds. The van der Waals surface area contributed by atoms with Gasteiger partial charge in [-0.1, -0.05) is 30.3 Å². The maximum atomic E-state index is 12.5. The summed E-state index contributed by atoms with van der Waals surface area (Å²) in [6.07, 6.45) is 4.46. The number of hydrogen-bond acceptors (Lipinski definition) is 3. The normalized spacial score (nSPS) is 13.6. The van der Waals surface area contributed by atoms with E-state index in [1.54, 1.807) is 24.3 Å². The minimum Gasteiger partial charge on any atom is -0.353 e. The maximum absolute atomic E-state index is 12.5. The van der Waals surface area contributed by atoms with Crippen molar-refractivity contribution >= 4 is 33.6 Å². The van der Waals surface area contributed by atoms with Crippen molar-refractivity contribution < 1.29 is 9.59 Å². The van der Waals surface area contributed by atoms with Gasteiger partial charge in [0.1, 0.15) is 0 Å². The second-order valence-corrected chi connectivity index (χ2v) is 7.55. The molecular formula is C24H21N3O2. The van der Waals surface area contributed by atoms with Crippen molar-refractivity contribution in [3.05, 3.63) is 77.1 Å². The quantitative estimate of drug-likeness (QED) is 0.403. The molecule has 3 heterocycles. The van der Waals surface area contributed by atoms with Crippen LogP contribution in [0.5, 0.6) is 0 Å². The monoisotopic (exact) mass is 383 g/mol. The molecule has 5 nitrogen and oxygen atoms in total. The van der Waals surface area contributed by atoms with Gasteiger partial charge in [0, 0.05) is 29.0 Å². The van der Waals surface area contributed by atoms with Crippen molar-refractivity contribution in [2.24, 2.45) is 0 Å². The lowest BCUT2D eigenvalue weighted by Crippen LogP contribution is -2.30. The highest BCUT2D eigenvalue weighted by Gasteiger charge is 2.34. The number of aromatic nitrogens is 2. The molecule has 0 radical (unpaired) electrons. The van der Waals surface area contributed by atoms with Crippen molar-refractivity contribution in [2.45, 2.75) is 26.2 Å². The van der Waals surface area contributed by atoms with Gasteiger partial charge < -0.3 is 4.98 Å². The van der Waals surface area contributed by atoms with E-state index in [1.807, 2.05) is 19.2 Å². The predicted molar refractivity (Wildman–Crippen MR) is 113 cm³/mol. The maximum Gasteiger partial charge on any atom is 0.261 e. The molecule has 0 saturated heterocycles. The van der Waals surface area contributed by atoms with Crippen molar-refractivity contribution in [3.63, 3.8) is 0 Å². The smallest absolute Gasteiger partial charge is 0.261 e. The van der Waals surface area contributed by atoms with Crippen LogP contribution in [0.25, 0.3) is 21.8 Å². The summed E-state index contributed by atoms with van der Waals surface area (Å²) in [5.41, 5.74) is 5.42. The molecule has 5 heteroatoms. The third-order valence-electron chi connectivity index (χ3n) is 5.76. The van der Waals surface area contributed by atoms with Gasteiger partial charge >= 0.3 is 0 Å². The molecule has 0 saturated carbocycles. The molecule has 5 rings (SSSR count). The molecule has 0 atom stereocenters. The highest BCUT2D eigenvalue weighted by atomic mass is 16.2. The summed E-state index contributed by atoms with van der Waals surface area (Å²) in [5.74, 6) is -0.358. The number of para-hydroxylation sites is 1. The summed E-state index contributed by atoms with van der Waals surface area (Å²) in [5, 5.41) is 2.44. The van der Waals surface area contributed by atoms with E-state index in [4.69, 9.17) is 0 Å². The van der Waals surface area contributed by atoms with Gasteiger partial charge in [0.05, 0.1) is 22.3 Å². The molecule has 144 valence electrons. The Hall–Kier alpha value is -3.47. The molecule has 0 spiro atoms. The molecule has 1 aliphatic heterocycles. The zero-order valence-electron chi connectivity index (χ0n) is 16.2. The zero-order valence-corrected chi connectivity index (χ0v) is 16.2. The number of amides is 2. The Labute approximate surface area is 168 Å². The van der Waals surface area contributed by atoms with Gasteiger partial charge in [0.15, 0.2) is 0 Å². The van der Waals surface area contributed by atoms with Crippen LogP contribution in [0, 0.1) is 6.92 Å². The summed E-state index contributed by atoms with van der Waals surface area (Å²) in [4.78, 5) is 34.4. The van der Waals surface area contributed by atoms with E-state index in [-0.39, 0.29) is 11.8 Å². The van der Waals surface area contributed by atoms with Crippen LogP contribution >= 0.6 is 0 Å². The van der Waals surface area contributed by atoms with Crippen molar-refractivity contribution in [2.75, 3.05) is 6.54 Å². The minimum atomic E-state index is -0.179. The van der Waals surface area contributed by atoms with Crippen LogP contribution in [0.15, 0.2) is 54.7 Å². The molecule has 1 aliphatic rings. The average Bonchev–Trinajstić information content (AvgIpc) is 3.25. The lowest BCUT2D eigenvalue weighted by Gasteiger charge is -2.13. The molecule has 4 aromatic rings. The summed E-state index contributed by atoms with van der Waals surface area (Å²) >= 11 is 0. The number of H-pyrrole nitrogens is 1. The van der Waals surface area contributed by atoms with E-state index < -0.39 is 0 Å². The number of aryl methyl sites for hydroxylation is 2. The SMILES string of the molecule is Cc1ncc(CCCCN2C(=O)c3ccccc3C2=O)c2c1[nH]c1ccccc12. The summed E-state index contributed by atoms with van der Waals surface area (Å²) in [6.45, 7) is 2.46. The van der Waals surface area contributed by atoms with E-state index in [1.165, 1.54) is 21.2 Å². The van der Waals surface area contributed by atoms with Crippen LogP contribution < -0.4 is 0 Å². The van der Waals surface area contributed by atoms with Gasteiger partial charge in [0.2, 0.25) is 0 Å². The first-order chi connectivity index (χ1) is 14.1. The first-order valence-corrected chi connectivity index (χ1v) is 9.95. The fourth-order valence-corrected chi connectivity index (χ4v) is 4.27. The number of nitrogens with zero attached hydrogens (tertiary/aromatic N) is 2. The molecule has 2 aromatic carbocycles. The Morgan fingerprint density at radius 1 is 0.931 bits per heavy atom. The van der Waals surface area contributed by atoms with Crippen molar-refractivity contribution in [1.82, 2.24) is 14.9 Å². The number of carbonyl (C=O) groups excluding carboxylic acids is 2. The van der Waals surface area contributed by atoms with Crippen LogP contribution in [0.3, 0.4) is 0 Å². The number of carbonyl (C=O) groups is 2. The van der Waals surface area contributed by atoms with Crippen molar-refractivity contribution in [3.8, 4) is 0 Å². The average molecular weight is 383 g/mol. The highest BCUT2D eigenvalue weighted by Crippen LogP contribution is 2.30. The molecular weight excluding hydrogens is 362 g/mol. The van der Waals surface area contributed by atoms with Crippen LogP contribution in [0.4, 0.5) is 0 Å². The largest absolute Gasteiger partial charge is 0.353 e. The lowest BCUT2D eigenvalue weighted by atomic mass is 10.0. The number of fused-ring (bicyclic) bond motifs is 4. The van der Waals surface area contributed by atoms with Crippen LogP contribution in [-0.4, -0.2) is 33.2 Å². The number of imide groups is 1. The van der Waals surface area contributed by atoms with Crippen LogP contribution in [-0.2, 0) is 6.42 Å². The topological polar surface area (TPSA) is 66.1 Å². The molecule has 1 N–H and O–H groups in total. The Balaban J connectivity index is 1.32. The van der Waals surface area contributed by atoms with Gasteiger partial charge in [-0.3, -0.25) is 19.5 Å². The number of pyridine rings is 1. The molecule has 0 aliphatic carbocycles. The second kappa shape index (κ2) is 6.85. The van der Waals surface area contributed by atoms with Crippen LogP contribution in [0.2, 0.25) is 0 Å². The minimum absolute atomic E-state index is 0.179. The molecule has 0 fully saturated rings. The van der Waals surface area contributed by atoms with Crippen LogP contribution in [0.1, 0.15) is 44.8 Å². The lowest BCUT2D eigenvalue weighted by molar-refractivity contribution is 0.0652. The fraction of sp³-hybridized carbons (Fsp3) is 0.208. The fourth-order valence-electron chi connectivity index (χ4n) is 4.27. The predicted octanol–water partition coefficient (Wildman–Crippen LogP) is 4.64. The third kappa shape index (κ3) is 2.81. The Kier molecular flexibility index (Phi) is 4.16. The van der Waals surface area contributed by atoms with Gasteiger partial charge in [-0.15, -0.1) is 0 Å². The van der Waals surface area contributed by atoms with Crippen molar-refractivity contribution in [1.29, 1.82) is 0 Å². The second-order valence-electron chi connectivity index (χ2n) is 7.55. The Morgan fingerprint density at radius 2 is 1.62 bits per heavy atom. The molecule has 29 heavy (non-hydrogen) atoms. The number of hydrogen-bond donors (Lipinski definition) is 1. The number of nitrogens with one attached hydrogen (secondary N) is 1.